The molecule has 2 aromatic carbocycles. The number of nitrogens with one attached hydrogen (secondary N) is 1. The summed E-state index contributed by atoms with van der Waals surface area (Å²) in [5.74, 6) is 4.91. The maximum absolute atomic E-state index is 13.6. The monoisotopic (exact) mass is 262 g/mol. The summed E-state index contributed by atoms with van der Waals surface area (Å²) in [6.45, 7) is 1.81. The number of rotatable bonds is 4. The summed E-state index contributed by atoms with van der Waals surface area (Å²) in [4.78, 5) is 0. The molecule has 2 rings (SSSR count). The minimum atomic E-state index is -0.328. The van der Waals surface area contributed by atoms with Gasteiger partial charge in [-0.2, -0.15) is 0 Å². The first-order valence-electron chi connectivity index (χ1n) is 6.07. The smallest absolute Gasteiger partial charge is 0.126 e. The van der Waals surface area contributed by atoms with E-state index in [-0.39, 0.29) is 17.7 Å². The lowest BCUT2D eigenvalue weighted by Gasteiger charge is -2.17. The zero-order valence-electron chi connectivity index (χ0n) is 10.7. The van der Waals surface area contributed by atoms with Crippen LogP contribution in [0.3, 0.4) is 0 Å². The van der Waals surface area contributed by atoms with Gasteiger partial charge in [0.1, 0.15) is 11.6 Å². The molecule has 0 spiro atoms. The van der Waals surface area contributed by atoms with E-state index in [0.29, 0.717) is 17.5 Å². The van der Waals surface area contributed by atoms with E-state index in [1.165, 1.54) is 18.2 Å². The van der Waals surface area contributed by atoms with Crippen LogP contribution in [0.5, 0.6) is 0 Å². The van der Waals surface area contributed by atoms with E-state index in [1.807, 2.05) is 13.0 Å². The highest BCUT2D eigenvalue weighted by molar-refractivity contribution is 5.28. The Labute approximate surface area is 111 Å². The first kappa shape index (κ1) is 13.6. The van der Waals surface area contributed by atoms with E-state index in [0.717, 1.165) is 5.56 Å². The lowest BCUT2D eigenvalue weighted by Crippen LogP contribution is -2.30. The zero-order chi connectivity index (χ0) is 13.8. The van der Waals surface area contributed by atoms with Crippen LogP contribution in [-0.2, 0) is 6.42 Å². The molecule has 0 heterocycles. The predicted molar refractivity (Wildman–Crippen MR) is 71.3 cm³/mol. The number of benzene rings is 2. The lowest BCUT2D eigenvalue weighted by molar-refractivity contribution is 0.524. The molecule has 0 amide bonds. The molecular formula is C15H16F2N2. The average molecular weight is 262 g/mol. The molecule has 0 fully saturated rings. The molecule has 0 saturated carbocycles. The molecule has 2 aromatic rings. The molecule has 0 aliphatic rings. The second-order valence-corrected chi connectivity index (χ2v) is 4.58. The summed E-state index contributed by atoms with van der Waals surface area (Å²) in [5, 5.41) is 0. The molecular weight excluding hydrogens is 246 g/mol. The fourth-order valence-electron chi connectivity index (χ4n) is 2.12. The van der Waals surface area contributed by atoms with Gasteiger partial charge in [-0.25, -0.2) is 8.78 Å². The quantitative estimate of drug-likeness (QED) is 0.656. The van der Waals surface area contributed by atoms with Gasteiger partial charge in [-0.15, -0.1) is 0 Å². The van der Waals surface area contributed by atoms with E-state index < -0.39 is 0 Å². The van der Waals surface area contributed by atoms with Crippen molar-refractivity contribution in [3.8, 4) is 0 Å². The number of hydrogen-bond donors (Lipinski definition) is 2. The van der Waals surface area contributed by atoms with Gasteiger partial charge in [0.2, 0.25) is 0 Å². The molecule has 0 aromatic heterocycles. The third-order valence-electron chi connectivity index (χ3n) is 3.05. The van der Waals surface area contributed by atoms with Crippen molar-refractivity contribution in [2.45, 2.75) is 19.4 Å². The van der Waals surface area contributed by atoms with Gasteiger partial charge >= 0.3 is 0 Å². The zero-order valence-corrected chi connectivity index (χ0v) is 10.7. The van der Waals surface area contributed by atoms with Crippen LogP contribution < -0.4 is 11.3 Å². The van der Waals surface area contributed by atoms with Crippen molar-refractivity contribution in [1.82, 2.24) is 5.43 Å². The van der Waals surface area contributed by atoms with Gasteiger partial charge in [0.15, 0.2) is 0 Å². The third-order valence-corrected chi connectivity index (χ3v) is 3.05. The van der Waals surface area contributed by atoms with Crippen molar-refractivity contribution < 1.29 is 8.78 Å². The highest BCUT2D eigenvalue weighted by Crippen LogP contribution is 2.21. The Kier molecular flexibility index (Phi) is 4.24. The Balaban J connectivity index is 2.28. The van der Waals surface area contributed by atoms with E-state index in [1.54, 1.807) is 18.2 Å². The molecule has 19 heavy (non-hydrogen) atoms. The van der Waals surface area contributed by atoms with Gasteiger partial charge in [-0.05, 0) is 48.2 Å². The average Bonchev–Trinajstić information content (AvgIpc) is 2.36. The summed E-state index contributed by atoms with van der Waals surface area (Å²) in [7, 11) is 0. The van der Waals surface area contributed by atoms with Crippen LogP contribution in [0.1, 0.15) is 22.7 Å². The van der Waals surface area contributed by atoms with Gasteiger partial charge in [0.05, 0.1) is 6.04 Å². The fourth-order valence-corrected chi connectivity index (χ4v) is 2.12. The number of aryl methyl sites for hydroxylation is 1. The molecule has 0 saturated heterocycles. The highest BCUT2D eigenvalue weighted by Gasteiger charge is 2.14. The maximum Gasteiger partial charge on any atom is 0.126 e. The van der Waals surface area contributed by atoms with Crippen molar-refractivity contribution in [3.63, 3.8) is 0 Å². The minimum absolute atomic E-state index is 0.282. The molecule has 4 heteroatoms. The topological polar surface area (TPSA) is 38.0 Å². The maximum atomic E-state index is 13.6. The summed E-state index contributed by atoms with van der Waals surface area (Å²) in [6.07, 6.45) is 0.367. The van der Waals surface area contributed by atoms with Gasteiger partial charge in [0, 0.05) is 0 Å². The van der Waals surface area contributed by atoms with Crippen LogP contribution in [0.15, 0.2) is 42.5 Å². The molecule has 0 radical (unpaired) electrons. The number of halogens is 2. The van der Waals surface area contributed by atoms with E-state index in [9.17, 15) is 8.78 Å². The second kappa shape index (κ2) is 5.91. The number of nitrogens with two attached hydrogens (primary N) is 1. The molecule has 1 atom stereocenters. The molecule has 100 valence electrons. The van der Waals surface area contributed by atoms with Crippen molar-refractivity contribution in [2.24, 2.45) is 5.84 Å². The van der Waals surface area contributed by atoms with Gasteiger partial charge < -0.3 is 0 Å². The number of hydrazine groups is 1. The van der Waals surface area contributed by atoms with Crippen molar-refractivity contribution >= 4 is 0 Å². The first-order valence-corrected chi connectivity index (χ1v) is 6.07. The van der Waals surface area contributed by atoms with E-state index in [4.69, 9.17) is 5.84 Å². The highest BCUT2D eigenvalue weighted by atomic mass is 19.1. The Morgan fingerprint density at radius 1 is 1.16 bits per heavy atom. The lowest BCUT2D eigenvalue weighted by atomic mass is 9.97. The SMILES string of the molecule is Cc1cc(F)cc(C(Cc2ccccc2F)NN)c1. The van der Waals surface area contributed by atoms with Crippen LogP contribution >= 0.6 is 0 Å². The summed E-state index contributed by atoms with van der Waals surface area (Å²) >= 11 is 0. The first-order chi connectivity index (χ1) is 9.10. The predicted octanol–water partition coefficient (Wildman–Crippen LogP) is 3.02. The van der Waals surface area contributed by atoms with Gasteiger partial charge in [0.25, 0.3) is 0 Å². The summed E-state index contributed by atoms with van der Waals surface area (Å²) in [6, 6.07) is 10.9. The van der Waals surface area contributed by atoms with Crippen LogP contribution in [0.25, 0.3) is 0 Å². The Bertz CT molecular complexity index is 550. The molecule has 0 bridgehead atoms. The molecule has 0 aliphatic heterocycles. The Hall–Kier alpha value is -1.78. The Morgan fingerprint density at radius 3 is 2.53 bits per heavy atom. The molecule has 3 N–H and O–H groups in total. The molecule has 0 aliphatic carbocycles. The van der Waals surface area contributed by atoms with Crippen molar-refractivity contribution in [2.75, 3.05) is 0 Å². The van der Waals surface area contributed by atoms with Crippen molar-refractivity contribution in [3.05, 3.63) is 70.8 Å². The molecule has 1 unspecified atom stereocenters. The van der Waals surface area contributed by atoms with Crippen LogP contribution in [0, 0.1) is 18.6 Å². The fraction of sp³-hybridized carbons (Fsp3) is 0.200. The largest absolute Gasteiger partial charge is 0.271 e. The van der Waals surface area contributed by atoms with E-state index in [2.05, 4.69) is 5.43 Å². The van der Waals surface area contributed by atoms with Crippen LogP contribution in [-0.4, -0.2) is 0 Å². The van der Waals surface area contributed by atoms with Gasteiger partial charge in [-0.3, -0.25) is 11.3 Å². The molecule has 2 nitrogen and oxygen atoms in total. The van der Waals surface area contributed by atoms with E-state index >= 15 is 0 Å². The van der Waals surface area contributed by atoms with Crippen LogP contribution in [0.4, 0.5) is 8.78 Å². The summed E-state index contributed by atoms with van der Waals surface area (Å²) < 4.78 is 27.0. The normalized spacial score (nSPS) is 12.4. The van der Waals surface area contributed by atoms with Crippen LogP contribution in [0.2, 0.25) is 0 Å². The number of hydrogen-bond acceptors (Lipinski definition) is 2. The second-order valence-electron chi connectivity index (χ2n) is 4.58. The third kappa shape index (κ3) is 3.36. The minimum Gasteiger partial charge on any atom is -0.271 e. The standard InChI is InChI=1S/C15H16F2N2/c1-10-6-12(8-13(16)7-10)15(19-18)9-11-4-2-3-5-14(11)17/h2-8,15,19H,9,18H2,1H3. The van der Waals surface area contributed by atoms with Crippen molar-refractivity contribution in [1.29, 1.82) is 0 Å². The Morgan fingerprint density at radius 2 is 1.89 bits per heavy atom. The summed E-state index contributed by atoms with van der Waals surface area (Å²) in [5.41, 5.74) is 4.68. The van der Waals surface area contributed by atoms with Gasteiger partial charge in [-0.1, -0.05) is 24.3 Å².